The second-order valence-electron chi connectivity index (χ2n) is 8.89. The summed E-state index contributed by atoms with van der Waals surface area (Å²) in [5.74, 6) is -0.255. The Morgan fingerprint density at radius 2 is 1.25 bits per heavy atom. The maximum atomic E-state index is 13.2. The van der Waals surface area contributed by atoms with Crippen LogP contribution in [-0.2, 0) is 6.54 Å². The molecule has 4 nitrogen and oxygen atoms in total. The van der Waals surface area contributed by atoms with Gasteiger partial charge >= 0.3 is 0 Å². The van der Waals surface area contributed by atoms with Gasteiger partial charge in [0.15, 0.2) is 0 Å². The lowest BCUT2D eigenvalue weighted by molar-refractivity contribution is 0.0945. The van der Waals surface area contributed by atoms with Crippen LogP contribution in [0.25, 0.3) is 33.6 Å². The van der Waals surface area contributed by atoms with Crippen molar-refractivity contribution >= 4 is 5.91 Å². The van der Waals surface area contributed by atoms with Gasteiger partial charge in [0.2, 0.25) is 0 Å². The number of nitrogens with one attached hydrogen (secondary N) is 1. The van der Waals surface area contributed by atoms with Crippen LogP contribution in [0.2, 0.25) is 0 Å². The van der Waals surface area contributed by atoms with E-state index < -0.39 is 0 Å². The highest BCUT2D eigenvalue weighted by atomic mass is 16.1. The van der Waals surface area contributed by atoms with Crippen molar-refractivity contribution in [3.8, 4) is 33.6 Å². The first-order chi connectivity index (χ1) is 17.6. The second-order valence-corrected chi connectivity index (χ2v) is 8.89. The molecule has 0 bridgehead atoms. The largest absolute Gasteiger partial charge is 0.347 e. The summed E-state index contributed by atoms with van der Waals surface area (Å²) < 4.78 is 0. The van der Waals surface area contributed by atoms with E-state index in [-0.39, 0.29) is 5.91 Å². The van der Waals surface area contributed by atoms with Crippen LogP contribution in [0.4, 0.5) is 0 Å². The highest BCUT2D eigenvalue weighted by Gasteiger charge is 2.16. The molecule has 0 fully saturated rings. The molecule has 0 saturated heterocycles. The van der Waals surface area contributed by atoms with Crippen LogP contribution in [0.15, 0.2) is 109 Å². The van der Waals surface area contributed by atoms with Gasteiger partial charge in [0.05, 0.1) is 17.6 Å². The number of nitrogens with zero attached hydrogens (tertiary/aromatic N) is 2. The standard InChI is InChI=1S/C32H27N3O/c1-22-12-16-25(17-13-22)30-31(26-18-14-23(2)15-19-26)35-29(21-33-30)32(36)34-20-27-10-6-7-11-28(27)24-8-4-3-5-9-24/h3-19,21H,20H2,1-2H3,(H,34,36). The maximum Gasteiger partial charge on any atom is 0.271 e. The number of carbonyl (C=O) groups excluding carboxylic acids is 1. The number of carbonyl (C=O) groups is 1. The fourth-order valence-electron chi connectivity index (χ4n) is 4.17. The molecule has 0 atom stereocenters. The topological polar surface area (TPSA) is 54.9 Å². The van der Waals surface area contributed by atoms with Crippen molar-refractivity contribution in [1.82, 2.24) is 15.3 Å². The van der Waals surface area contributed by atoms with E-state index in [2.05, 4.69) is 42.6 Å². The number of hydrogen-bond donors (Lipinski definition) is 1. The minimum absolute atomic E-state index is 0.255. The molecule has 36 heavy (non-hydrogen) atoms. The lowest BCUT2D eigenvalue weighted by Gasteiger charge is -2.13. The number of aromatic nitrogens is 2. The Morgan fingerprint density at radius 1 is 0.667 bits per heavy atom. The van der Waals surface area contributed by atoms with Gasteiger partial charge < -0.3 is 5.32 Å². The van der Waals surface area contributed by atoms with E-state index in [9.17, 15) is 4.79 Å². The van der Waals surface area contributed by atoms with Crippen molar-refractivity contribution in [2.75, 3.05) is 0 Å². The molecule has 0 unspecified atom stereocenters. The summed E-state index contributed by atoms with van der Waals surface area (Å²) >= 11 is 0. The maximum absolute atomic E-state index is 13.2. The molecule has 1 amide bonds. The van der Waals surface area contributed by atoms with Crippen LogP contribution in [0, 0.1) is 13.8 Å². The minimum Gasteiger partial charge on any atom is -0.347 e. The SMILES string of the molecule is Cc1ccc(-c2ncc(C(=O)NCc3ccccc3-c3ccccc3)nc2-c2ccc(C)cc2)cc1. The predicted molar refractivity (Wildman–Crippen MR) is 145 cm³/mol. The van der Waals surface area contributed by atoms with Gasteiger partial charge in [-0.15, -0.1) is 0 Å². The fraction of sp³-hybridized carbons (Fsp3) is 0.0938. The van der Waals surface area contributed by atoms with Crippen molar-refractivity contribution in [3.63, 3.8) is 0 Å². The average molecular weight is 470 g/mol. The van der Waals surface area contributed by atoms with E-state index in [0.717, 1.165) is 39.1 Å². The zero-order valence-corrected chi connectivity index (χ0v) is 20.4. The molecule has 1 heterocycles. The first-order valence-electron chi connectivity index (χ1n) is 12.0. The van der Waals surface area contributed by atoms with Gasteiger partial charge in [0.1, 0.15) is 5.69 Å². The van der Waals surface area contributed by atoms with E-state index in [4.69, 9.17) is 9.97 Å². The number of rotatable bonds is 6. The Hall–Kier alpha value is -4.57. The lowest BCUT2D eigenvalue weighted by atomic mass is 10.00. The summed E-state index contributed by atoms with van der Waals surface area (Å²) in [4.78, 5) is 22.7. The summed E-state index contributed by atoms with van der Waals surface area (Å²) in [5.41, 5.74) is 9.22. The number of hydrogen-bond acceptors (Lipinski definition) is 3. The summed E-state index contributed by atoms with van der Waals surface area (Å²) in [6.45, 7) is 4.50. The van der Waals surface area contributed by atoms with Gasteiger partial charge in [0, 0.05) is 17.7 Å². The van der Waals surface area contributed by atoms with Crippen LogP contribution in [0.3, 0.4) is 0 Å². The molecule has 0 aliphatic heterocycles. The predicted octanol–water partition coefficient (Wildman–Crippen LogP) is 7.02. The average Bonchev–Trinajstić information content (AvgIpc) is 2.93. The zero-order valence-electron chi connectivity index (χ0n) is 20.4. The van der Waals surface area contributed by atoms with Crippen LogP contribution in [0.5, 0.6) is 0 Å². The van der Waals surface area contributed by atoms with E-state index in [0.29, 0.717) is 17.9 Å². The van der Waals surface area contributed by atoms with E-state index >= 15 is 0 Å². The lowest BCUT2D eigenvalue weighted by Crippen LogP contribution is -2.24. The van der Waals surface area contributed by atoms with E-state index in [1.807, 2.05) is 79.7 Å². The van der Waals surface area contributed by atoms with Crippen molar-refractivity contribution in [3.05, 3.63) is 132 Å². The van der Waals surface area contributed by atoms with Gasteiger partial charge in [-0.25, -0.2) is 4.98 Å². The molecular formula is C32H27N3O. The van der Waals surface area contributed by atoms with E-state index in [1.165, 1.54) is 5.56 Å². The Kier molecular flexibility index (Phi) is 6.67. The molecule has 0 radical (unpaired) electrons. The molecule has 1 N–H and O–H groups in total. The van der Waals surface area contributed by atoms with Gasteiger partial charge in [-0.3, -0.25) is 9.78 Å². The first-order valence-corrected chi connectivity index (χ1v) is 12.0. The Bertz CT molecular complexity index is 1490. The molecule has 1 aromatic heterocycles. The summed E-state index contributed by atoms with van der Waals surface area (Å²) in [5, 5.41) is 3.04. The second kappa shape index (κ2) is 10.4. The summed E-state index contributed by atoms with van der Waals surface area (Å²) in [6.07, 6.45) is 1.56. The monoisotopic (exact) mass is 469 g/mol. The Labute approximate surface area is 211 Å². The molecule has 5 aromatic rings. The van der Waals surface area contributed by atoms with Gasteiger partial charge in [-0.1, -0.05) is 114 Å². The highest BCUT2D eigenvalue weighted by Crippen LogP contribution is 2.29. The van der Waals surface area contributed by atoms with Crippen LogP contribution < -0.4 is 5.32 Å². The first kappa shape index (κ1) is 23.2. The van der Waals surface area contributed by atoms with E-state index in [1.54, 1.807) is 6.20 Å². The molecular weight excluding hydrogens is 442 g/mol. The Morgan fingerprint density at radius 3 is 1.92 bits per heavy atom. The quantitative estimate of drug-likeness (QED) is 0.291. The fourth-order valence-corrected chi connectivity index (χ4v) is 4.17. The molecule has 0 spiro atoms. The molecule has 4 aromatic carbocycles. The van der Waals surface area contributed by atoms with Gasteiger partial charge in [-0.05, 0) is 30.5 Å². The molecule has 0 aliphatic rings. The van der Waals surface area contributed by atoms with Crippen LogP contribution in [-0.4, -0.2) is 15.9 Å². The van der Waals surface area contributed by atoms with Crippen molar-refractivity contribution < 1.29 is 4.79 Å². The number of aryl methyl sites for hydroxylation is 2. The molecule has 4 heteroatoms. The summed E-state index contributed by atoms with van der Waals surface area (Å²) in [7, 11) is 0. The summed E-state index contributed by atoms with van der Waals surface area (Å²) in [6, 6.07) is 34.6. The van der Waals surface area contributed by atoms with Crippen molar-refractivity contribution in [2.24, 2.45) is 0 Å². The normalized spacial score (nSPS) is 10.7. The number of benzene rings is 4. The van der Waals surface area contributed by atoms with Crippen LogP contribution >= 0.6 is 0 Å². The third-order valence-corrected chi connectivity index (χ3v) is 6.20. The molecule has 5 rings (SSSR count). The smallest absolute Gasteiger partial charge is 0.271 e. The number of amides is 1. The Balaban J connectivity index is 1.45. The minimum atomic E-state index is -0.255. The molecule has 0 aliphatic carbocycles. The van der Waals surface area contributed by atoms with Gasteiger partial charge in [0.25, 0.3) is 5.91 Å². The third-order valence-electron chi connectivity index (χ3n) is 6.20. The van der Waals surface area contributed by atoms with Crippen LogP contribution in [0.1, 0.15) is 27.2 Å². The van der Waals surface area contributed by atoms with Gasteiger partial charge in [-0.2, -0.15) is 0 Å². The highest BCUT2D eigenvalue weighted by molar-refractivity contribution is 5.93. The molecule has 176 valence electrons. The van der Waals surface area contributed by atoms with Crippen molar-refractivity contribution in [2.45, 2.75) is 20.4 Å². The zero-order chi connectivity index (χ0) is 24.9. The molecule has 0 saturated carbocycles. The third kappa shape index (κ3) is 5.08. The van der Waals surface area contributed by atoms with Crippen molar-refractivity contribution in [1.29, 1.82) is 0 Å².